The molecule has 0 aliphatic carbocycles. The molecule has 1 atom stereocenters. The average molecular weight is 247 g/mol. The van der Waals surface area contributed by atoms with E-state index < -0.39 is 15.6 Å². The quantitative estimate of drug-likeness (QED) is 0.690. The number of nitrogens with zero attached hydrogens (tertiary/aromatic N) is 1. The van der Waals surface area contributed by atoms with Gasteiger partial charge in [-0.3, -0.25) is 5.10 Å². The maximum absolute atomic E-state index is 11.8. The molecule has 0 spiro atoms. The van der Waals surface area contributed by atoms with E-state index in [1.165, 1.54) is 6.20 Å². The van der Waals surface area contributed by atoms with E-state index in [1.807, 2.05) is 0 Å². The van der Waals surface area contributed by atoms with E-state index in [4.69, 9.17) is 0 Å². The molecule has 0 aromatic carbocycles. The summed E-state index contributed by atoms with van der Waals surface area (Å²) in [5.74, 6) is 0. The molecule has 0 saturated carbocycles. The summed E-state index contributed by atoms with van der Waals surface area (Å²) >= 11 is 0. The van der Waals surface area contributed by atoms with Crippen molar-refractivity contribution in [3.05, 3.63) is 11.9 Å². The number of aromatic nitrogens is 2. The van der Waals surface area contributed by atoms with Gasteiger partial charge in [-0.1, -0.05) is 6.92 Å². The van der Waals surface area contributed by atoms with Crippen LogP contribution in [0.1, 0.15) is 26.0 Å². The Bertz CT molecular complexity index is 450. The number of nitrogens with one attached hydrogen (secondary N) is 2. The third-order valence-corrected chi connectivity index (χ3v) is 3.99. The maximum Gasteiger partial charge on any atom is 0.244 e. The number of hydrogen-bond acceptors (Lipinski definition) is 4. The normalized spacial score (nSPS) is 16.0. The molecule has 1 aromatic heterocycles. The van der Waals surface area contributed by atoms with Gasteiger partial charge in [-0.25, -0.2) is 13.1 Å². The van der Waals surface area contributed by atoms with Crippen LogP contribution < -0.4 is 4.72 Å². The molecule has 1 heterocycles. The van der Waals surface area contributed by atoms with E-state index in [9.17, 15) is 13.5 Å². The molecule has 1 aromatic rings. The second-order valence-corrected chi connectivity index (χ2v) is 5.77. The van der Waals surface area contributed by atoms with Crippen molar-refractivity contribution < 1.29 is 13.5 Å². The van der Waals surface area contributed by atoms with E-state index in [2.05, 4.69) is 14.9 Å². The van der Waals surface area contributed by atoms with Crippen LogP contribution in [0.25, 0.3) is 0 Å². The predicted octanol–water partition coefficient (Wildman–Crippen LogP) is 0.157. The number of sulfonamides is 1. The van der Waals surface area contributed by atoms with Crippen molar-refractivity contribution in [2.75, 3.05) is 6.54 Å². The number of aliphatic hydroxyl groups is 1. The van der Waals surface area contributed by atoms with Crippen LogP contribution >= 0.6 is 0 Å². The second-order valence-electron chi connectivity index (χ2n) is 4.03. The van der Waals surface area contributed by atoms with Crippen molar-refractivity contribution in [3.8, 4) is 0 Å². The molecule has 0 aliphatic heterocycles. The highest BCUT2D eigenvalue weighted by atomic mass is 32.2. The highest BCUT2D eigenvalue weighted by Crippen LogP contribution is 2.13. The molecular weight excluding hydrogens is 230 g/mol. The maximum atomic E-state index is 11.8. The monoisotopic (exact) mass is 247 g/mol. The van der Waals surface area contributed by atoms with Crippen molar-refractivity contribution in [3.63, 3.8) is 0 Å². The van der Waals surface area contributed by atoms with Gasteiger partial charge >= 0.3 is 0 Å². The number of aromatic amines is 1. The highest BCUT2D eigenvalue weighted by molar-refractivity contribution is 7.89. The van der Waals surface area contributed by atoms with Gasteiger partial charge in [0.15, 0.2) is 0 Å². The zero-order valence-corrected chi connectivity index (χ0v) is 10.4. The van der Waals surface area contributed by atoms with Crippen LogP contribution in [0, 0.1) is 6.92 Å². The topological polar surface area (TPSA) is 95.1 Å². The lowest BCUT2D eigenvalue weighted by Crippen LogP contribution is -2.40. The SMILES string of the molecule is CCC(C)(O)CNS(=O)(=O)c1cn[nH]c1C. The summed E-state index contributed by atoms with van der Waals surface area (Å²) in [6.07, 6.45) is 1.72. The predicted molar refractivity (Wildman–Crippen MR) is 59.4 cm³/mol. The summed E-state index contributed by atoms with van der Waals surface area (Å²) in [5.41, 5.74) is -0.561. The fraction of sp³-hybridized carbons (Fsp3) is 0.667. The Balaban J connectivity index is 2.79. The van der Waals surface area contributed by atoms with Crippen molar-refractivity contribution >= 4 is 10.0 Å². The van der Waals surface area contributed by atoms with Gasteiger partial charge in [-0.15, -0.1) is 0 Å². The molecule has 0 amide bonds. The minimum absolute atomic E-state index is 0.0174. The summed E-state index contributed by atoms with van der Waals surface area (Å²) in [7, 11) is -3.59. The first-order chi connectivity index (χ1) is 7.28. The fourth-order valence-electron chi connectivity index (χ4n) is 1.06. The summed E-state index contributed by atoms with van der Waals surface area (Å²) < 4.78 is 25.9. The third-order valence-electron chi connectivity index (χ3n) is 2.48. The largest absolute Gasteiger partial charge is 0.389 e. The minimum Gasteiger partial charge on any atom is -0.389 e. The Morgan fingerprint density at radius 2 is 2.25 bits per heavy atom. The van der Waals surface area contributed by atoms with E-state index in [-0.39, 0.29) is 11.4 Å². The molecule has 0 saturated heterocycles. The number of H-pyrrole nitrogens is 1. The van der Waals surface area contributed by atoms with Crippen LogP contribution in [-0.2, 0) is 10.0 Å². The molecule has 1 unspecified atom stereocenters. The first kappa shape index (κ1) is 13.1. The van der Waals surface area contributed by atoms with E-state index in [0.717, 1.165) is 0 Å². The molecule has 3 N–H and O–H groups in total. The summed E-state index contributed by atoms with van der Waals surface area (Å²) in [6, 6.07) is 0. The Hall–Kier alpha value is -0.920. The van der Waals surface area contributed by atoms with Gasteiger partial charge in [0.1, 0.15) is 4.90 Å². The van der Waals surface area contributed by atoms with Crippen molar-refractivity contribution in [2.45, 2.75) is 37.7 Å². The highest BCUT2D eigenvalue weighted by Gasteiger charge is 2.24. The third kappa shape index (κ3) is 3.03. The molecule has 16 heavy (non-hydrogen) atoms. The van der Waals surface area contributed by atoms with Gasteiger partial charge in [0.2, 0.25) is 10.0 Å². The smallest absolute Gasteiger partial charge is 0.244 e. The Morgan fingerprint density at radius 1 is 1.62 bits per heavy atom. The summed E-state index contributed by atoms with van der Waals surface area (Å²) in [6.45, 7) is 4.98. The summed E-state index contributed by atoms with van der Waals surface area (Å²) in [4.78, 5) is 0.111. The molecule has 6 nitrogen and oxygen atoms in total. The number of aryl methyl sites for hydroxylation is 1. The second kappa shape index (κ2) is 4.52. The molecule has 7 heteroatoms. The van der Waals surface area contributed by atoms with Crippen LogP contribution in [0.5, 0.6) is 0 Å². The lowest BCUT2D eigenvalue weighted by Gasteiger charge is -2.21. The molecule has 0 aliphatic rings. The van der Waals surface area contributed by atoms with E-state index in [1.54, 1.807) is 20.8 Å². The summed E-state index contributed by atoms with van der Waals surface area (Å²) in [5, 5.41) is 15.9. The fourth-order valence-corrected chi connectivity index (χ4v) is 2.36. The van der Waals surface area contributed by atoms with Crippen LogP contribution in [0.15, 0.2) is 11.1 Å². The number of rotatable bonds is 5. The average Bonchev–Trinajstić information content (AvgIpc) is 2.63. The van der Waals surface area contributed by atoms with Gasteiger partial charge in [0, 0.05) is 6.54 Å². The Labute approximate surface area is 95.1 Å². The molecule has 1 rings (SSSR count). The molecule has 0 fully saturated rings. The molecule has 0 radical (unpaired) electrons. The standard InChI is InChI=1S/C9H17N3O3S/c1-4-9(3,13)6-11-16(14,15)8-5-10-12-7(8)2/h5,11,13H,4,6H2,1-3H3,(H,10,12). The zero-order chi connectivity index (χ0) is 12.4. The lowest BCUT2D eigenvalue weighted by molar-refractivity contribution is 0.0613. The Morgan fingerprint density at radius 3 is 2.69 bits per heavy atom. The van der Waals surface area contributed by atoms with Crippen LogP contribution in [-0.4, -0.2) is 35.9 Å². The van der Waals surface area contributed by atoms with Gasteiger partial charge < -0.3 is 5.11 Å². The van der Waals surface area contributed by atoms with Crippen LogP contribution in [0.4, 0.5) is 0 Å². The van der Waals surface area contributed by atoms with Crippen LogP contribution in [0.3, 0.4) is 0 Å². The van der Waals surface area contributed by atoms with Crippen molar-refractivity contribution in [1.82, 2.24) is 14.9 Å². The lowest BCUT2D eigenvalue weighted by atomic mass is 10.1. The van der Waals surface area contributed by atoms with E-state index >= 15 is 0 Å². The van der Waals surface area contributed by atoms with Crippen LogP contribution in [0.2, 0.25) is 0 Å². The van der Waals surface area contributed by atoms with Crippen molar-refractivity contribution in [1.29, 1.82) is 0 Å². The molecule has 0 bridgehead atoms. The van der Waals surface area contributed by atoms with Gasteiger partial charge in [0.05, 0.1) is 17.5 Å². The first-order valence-electron chi connectivity index (χ1n) is 5.00. The molecular formula is C9H17N3O3S. The minimum atomic E-state index is -3.59. The van der Waals surface area contributed by atoms with Gasteiger partial charge in [-0.2, -0.15) is 5.10 Å². The Kier molecular flexibility index (Phi) is 3.72. The molecule has 92 valence electrons. The van der Waals surface area contributed by atoms with Gasteiger partial charge in [0.25, 0.3) is 0 Å². The number of hydrogen-bond donors (Lipinski definition) is 3. The zero-order valence-electron chi connectivity index (χ0n) is 9.61. The van der Waals surface area contributed by atoms with Crippen molar-refractivity contribution in [2.24, 2.45) is 0 Å². The van der Waals surface area contributed by atoms with E-state index in [0.29, 0.717) is 12.1 Å². The first-order valence-corrected chi connectivity index (χ1v) is 6.49. The van der Waals surface area contributed by atoms with Gasteiger partial charge in [-0.05, 0) is 20.3 Å².